The molecule has 20 heavy (non-hydrogen) atoms. The first-order valence-electron chi connectivity index (χ1n) is 7.19. The van der Waals surface area contributed by atoms with Crippen LogP contribution in [0.4, 0.5) is 0 Å². The average Bonchev–Trinajstić information content (AvgIpc) is 2.39. The van der Waals surface area contributed by atoms with E-state index >= 15 is 0 Å². The molecule has 0 fully saturated rings. The minimum atomic E-state index is -0.466. The predicted octanol–water partition coefficient (Wildman–Crippen LogP) is 0.884. The molecule has 0 amide bonds. The number of carbonyl (C=O) groups excluding carboxylic acids is 2. The summed E-state index contributed by atoms with van der Waals surface area (Å²) in [5, 5.41) is 0. The molecule has 0 saturated heterocycles. The summed E-state index contributed by atoms with van der Waals surface area (Å²) in [6.07, 6.45) is -0.173. The number of nitrogens with zero attached hydrogens (tertiary/aromatic N) is 1. The molecule has 0 heterocycles. The van der Waals surface area contributed by atoms with Crippen LogP contribution in [-0.2, 0) is 23.8 Å². The van der Waals surface area contributed by atoms with Crippen molar-refractivity contribution in [2.75, 3.05) is 52.7 Å². The first kappa shape index (κ1) is 19.0. The van der Waals surface area contributed by atoms with E-state index in [0.29, 0.717) is 46.1 Å². The predicted molar refractivity (Wildman–Crippen MR) is 75.7 cm³/mol. The summed E-state index contributed by atoms with van der Waals surface area (Å²) in [5.41, 5.74) is 0. The van der Waals surface area contributed by atoms with Crippen molar-refractivity contribution in [2.24, 2.45) is 0 Å². The fraction of sp³-hybridized carbons (Fsp3) is 0.857. The standard InChI is InChI=1S/C14H27NO5/c1-4-18-9-7-15(8-10-19-5-2)12-13(16)11-14(17)20-6-3/h4-12H2,1-3H3. The van der Waals surface area contributed by atoms with Crippen molar-refractivity contribution in [1.82, 2.24) is 4.90 Å². The van der Waals surface area contributed by atoms with Crippen LogP contribution in [0.25, 0.3) is 0 Å². The van der Waals surface area contributed by atoms with Crippen molar-refractivity contribution in [2.45, 2.75) is 27.2 Å². The first-order chi connectivity index (χ1) is 9.63. The molecular formula is C14H27NO5. The van der Waals surface area contributed by atoms with Crippen molar-refractivity contribution in [3.63, 3.8) is 0 Å². The lowest BCUT2D eigenvalue weighted by Gasteiger charge is -2.21. The molecule has 0 aromatic heterocycles. The van der Waals surface area contributed by atoms with Gasteiger partial charge in [-0.05, 0) is 20.8 Å². The van der Waals surface area contributed by atoms with E-state index in [-0.39, 0.29) is 18.7 Å². The Kier molecular flexibility index (Phi) is 12.4. The summed E-state index contributed by atoms with van der Waals surface area (Å²) < 4.78 is 15.3. The van der Waals surface area contributed by atoms with Crippen LogP contribution in [0.1, 0.15) is 27.2 Å². The van der Waals surface area contributed by atoms with Crippen molar-refractivity contribution >= 4 is 11.8 Å². The number of carbonyl (C=O) groups is 2. The summed E-state index contributed by atoms with van der Waals surface area (Å²) in [6.45, 7) is 9.82. The molecule has 0 aliphatic rings. The van der Waals surface area contributed by atoms with E-state index in [1.165, 1.54) is 0 Å². The number of ether oxygens (including phenoxy) is 3. The normalized spacial score (nSPS) is 10.8. The van der Waals surface area contributed by atoms with Gasteiger partial charge in [0.15, 0.2) is 5.78 Å². The molecule has 6 heteroatoms. The van der Waals surface area contributed by atoms with Crippen LogP contribution in [0.2, 0.25) is 0 Å². The molecule has 118 valence electrons. The highest BCUT2D eigenvalue weighted by atomic mass is 16.5. The Labute approximate surface area is 121 Å². The molecule has 0 aliphatic heterocycles. The van der Waals surface area contributed by atoms with Gasteiger partial charge >= 0.3 is 5.97 Å². The van der Waals surface area contributed by atoms with Gasteiger partial charge in [-0.15, -0.1) is 0 Å². The lowest BCUT2D eigenvalue weighted by Crippen LogP contribution is -2.36. The van der Waals surface area contributed by atoms with Gasteiger partial charge < -0.3 is 14.2 Å². The first-order valence-corrected chi connectivity index (χ1v) is 7.19. The molecule has 0 saturated carbocycles. The van der Waals surface area contributed by atoms with Gasteiger partial charge in [-0.25, -0.2) is 0 Å². The number of rotatable bonds is 13. The Morgan fingerprint density at radius 1 is 0.900 bits per heavy atom. The maximum atomic E-state index is 11.8. The van der Waals surface area contributed by atoms with E-state index in [1.807, 2.05) is 18.7 Å². The molecule has 0 spiro atoms. The molecule has 0 unspecified atom stereocenters. The van der Waals surface area contributed by atoms with Crippen LogP contribution in [-0.4, -0.2) is 69.3 Å². The summed E-state index contributed by atoms with van der Waals surface area (Å²) in [7, 11) is 0. The maximum Gasteiger partial charge on any atom is 0.313 e. The molecule has 0 aliphatic carbocycles. The summed E-state index contributed by atoms with van der Waals surface area (Å²) in [4.78, 5) is 25.0. The number of Topliss-reactive ketones (excluding diaryl/α,β-unsaturated/α-hetero) is 1. The van der Waals surface area contributed by atoms with Gasteiger partial charge in [0, 0.05) is 26.3 Å². The monoisotopic (exact) mass is 289 g/mol. The molecule has 0 bridgehead atoms. The molecular weight excluding hydrogens is 262 g/mol. The second kappa shape index (κ2) is 13.0. The second-order valence-corrected chi connectivity index (χ2v) is 4.19. The highest BCUT2D eigenvalue weighted by Crippen LogP contribution is 1.96. The van der Waals surface area contributed by atoms with E-state index < -0.39 is 5.97 Å². The molecule has 0 aromatic rings. The zero-order valence-corrected chi connectivity index (χ0v) is 12.9. The van der Waals surface area contributed by atoms with E-state index in [9.17, 15) is 9.59 Å². The van der Waals surface area contributed by atoms with Crippen molar-refractivity contribution in [3.8, 4) is 0 Å². The topological polar surface area (TPSA) is 65.1 Å². The van der Waals surface area contributed by atoms with Crippen molar-refractivity contribution in [3.05, 3.63) is 0 Å². The third-order valence-corrected chi connectivity index (χ3v) is 2.56. The molecule has 0 rings (SSSR count). The largest absolute Gasteiger partial charge is 0.466 e. The summed E-state index contributed by atoms with van der Waals surface area (Å²) in [6, 6.07) is 0. The van der Waals surface area contributed by atoms with E-state index in [2.05, 4.69) is 0 Å². The lowest BCUT2D eigenvalue weighted by molar-refractivity contribution is -0.145. The van der Waals surface area contributed by atoms with E-state index in [0.717, 1.165) is 0 Å². The van der Waals surface area contributed by atoms with Crippen LogP contribution in [0.15, 0.2) is 0 Å². The fourth-order valence-corrected chi connectivity index (χ4v) is 1.62. The third-order valence-electron chi connectivity index (χ3n) is 2.56. The number of hydrogen-bond donors (Lipinski definition) is 0. The summed E-state index contributed by atoms with van der Waals surface area (Å²) >= 11 is 0. The highest BCUT2D eigenvalue weighted by molar-refractivity contribution is 5.96. The maximum absolute atomic E-state index is 11.8. The Morgan fingerprint density at radius 2 is 1.45 bits per heavy atom. The molecule has 0 aromatic carbocycles. The Bertz CT molecular complexity index is 260. The number of esters is 1. The van der Waals surface area contributed by atoms with Gasteiger partial charge in [0.05, 0.1) is 26.4 Å². The van der Waals surface area contributed by atoms with Gasteiger partial charge in [-0.2, -0.15) is 0 Å². The number of hydrogen-bond acceptors (Lipinski definition) is 6. The minimum Gasteiger partial charge on any atom is -0.466 e. The van der Waals surface area contributed by atoms with Crippen LogP contribution in [0.5, 0.6) is 0 Å². The molecule has 0 radical (unpaired) electrons. The SMILES string of the molecule is CCOCCN(CCOCC)CC(=O)CC(=O)OCC. The third kappa shape index (κ3) is 10.9. The zero-order valence-electron chi connectivity index (χ0n) is 12.9. The Balaban J connectivity index is 4.09. The van der Waals surface area contributed by atoms with Crippen molar-refractivity contribution < 1.29 is 23.8 Å². The van der Waals surface area contributed by atoms with Gasteiger partial charge in [0.2, 0.25) is 0 Å². The van der Waals surface area contributed by atoms with Crippen LogP contribution < -0.4 is 0 Å². The average molecular weight is 289 g/mol. The minimum absolute atomic E-state index is 0.142. The second-order valence-electron chi connectivity index (χ2n) is 4.19. The van der Waals surface area contributed by atoms with Crippen molar-refractivity contribution in [1.29, 1.82) is 0 Å². The van der Waals surface area contributed by atoms with Crippen LogP contribution in [0.3, 0.4) is 0 Å². The van der Waals surface area contributed by atoms with Gasteiger partial charge in [0.1, 0.15) is 6.42 Å². The van der Waals surface area contributed by atoms with Crippen LogP contribution in [0, 0.1) is 0 Å². The van der Waals surface area contributed by atoms with E-state index in [4.69, 9.17) is 14.2 Å². The zero-order chi connectivity index (χ0) is 15.2. The Hall–Kier alpha value is -0.980. The molecule has 0 N–H and O–H groups in total. The van der Waals surface area contributed by atoms with Gasteiger partial charge in [0.25, 0.3) is 0 Å². The van der Waals surface area contributed by atoms with Gasteiger partial charge in [-0.1, -0.05) is 0 Å². The molecule has 6 nitrogen and oxygen atoms in total. The lowest BCUT2D eigenvalue weighted by atomic mass is 10.2. The fourth-order valence-electron chi connectivity index (χ4n) is 1.62. The van der Waals surface area contributed by atoms with Crippen LogP contribution >= 0.6 is 0 Å². The summed E-state index contributed by atoms with van der Waals surface area (Å²) in [5.74, 6) is -0.608. The van der Waals surface area contributed by atoms with E-state index in [1.54, 1.807) is 6.92 Å². The smallest absolute Gasteiger partial charge is 0.313 e. The quantitative estimate of drug-likeness (QED) is 0.285. The number of ketones is 1. The van der Waals surface area contributed by atoms with Gasteiger partial charge in [-0.3, -0.25) is 14.5 Å². The highest BCUT2D eigenvalue weighted by Gasteiger charge is 2.14. The molecule has 0 atom stereocenters. The Morgan fingerprint density at radius 3 is 1.90 bits per heavy atom.